The fourth-order valence-corrected chi connectivity index (χ4v) is 1.45. The van der Waals surface area contributed by atoms with Gasteiger partial charge < -0.3 is 11.1 Å². The predicted molar refractivity (Wildman–Crippen MR) is 62.9 cm³/mol. The second kappa shape index (κ2) is 5.86. The summed E-state index contributed by atoms with van der Waals surface area (Å²) in [6, 6.07) is 4.31. The normalized spacial score (nSPS) is 13.2. The Kier molecular flexibility index (Phi) is 4.72. The van der Waals surface area contributed by atoms with Crippen LogP contribution < -0.4 is 11.1 Å². The third-order valence-corrected chi connectivity index (χ3v) is 2.63. The van der Waals surface area contributed by atoms with Gasteiger partial charge in [0.1, 0.15) is 0 Å². The molecule has 1 rings (SSSR count). The van der Waals surface area contributed by atoms with Crippen molar-refractivity contribution in [1.29, 1.82) is 0 Å². The van der Waals surface area contributed by atoms with E-state index >= 15 is 0 Å². The highest BCUT2D eigenvalue weighted by atomic mass is 19.4. The van der Waals surface area contributed by atoms with Gasteiger partial charge in [0.2, 0.25) is 5.91 Å². The zero-order chi connectivity index (χ0) is 13.8. The van der Waals surface area contributed by atoms with E-state index in [1.165, 1.54) is 12.1 Å². The summed E-state index contributed by atoms with van der Waals surface area (Å²) in [6.07, 6.45) is -3.78. The van der Waals surface area contributed by atoms with Crippen LogP contribution in [0.2, 0.25) is 0 Å². The molecule has 3 N–H and O–H groups in total. The van der Waals surface area contributed by atoms with E-state index in [-0.39, 0.29) is 18.4 Å². The quantitative estimate of drug-likeness (QED) is 0.874. The molecule has 0 bridgehead atoms. The maximum atomic E-state index is 12.3. The lowest BCUT2D eigenvalue weighted by Gasteiger charge is -2.13. The Hall–Kier alpha value is -1.56. The lowest BCUT2D eigenvalue weighted by atomic mass is 10.1. The number of nitrogens with one attached hydrogen (secondary N) is 1. The van der Waals surface area contributed by atoms with E-state index in [1.807, 2.05) is 6.92 Å². The molecular formula is C12H15F3N2O. The van der Waals surface area contributed by atoms with Crippen LogP contribution in [0.1, 0.15) is 18.9 Å². The molecule has 100 valence electrons. The summed E-state index contributed by atoms with van der Waals surface area (Å²) in [7, 11) is 0. The molecule has 0 saturated heterocycles. The van der Waals surface area contributed by atoms with Gasteiger partial charge >= 0.3 is 6.18 Å². The second-order valence-electron chi connectivity index (χ2n) is 3.91. The Morgan fingerprint density at radius 1 is 1.33 bits per heavy atom. The number of hydrogen-bond acceptors (Lipinski definition) is 2. The maximum absolute atomic E-state index is 12.3. The zero-order valence-corrected chi connectivity index (χ0v) is 9.92. The van der Waals surface area contributed by atoms with Gasteiger partial charge in [-0.2, -0.15) is 13.2 Å². The van der Waals surface area contributed by atoms with Gasteiger partial charge in [0.15, 0.2) is 0 Å². The van der Waals surface area contributed by atoms with Crippen LogP contribution in [0.4, 0.5) is 18.9 Å². The first-order chi connectivity index (χ1) is 8.38. The van der Waals surface area contributed by atoms with Crippen LogP contribution >= 0.6 is 0 Å². The molecule has 3 nitrogen and oxygen atoms in total. The van der Waals surface area contributed by atoms with Gasteiger partial charge in [-0.1, -0.05) is 6.92 Å². The Bertz CT molecular complexity index is 397. The molecule has 6 heteroatoms. The molecule has 0 spiro atoms. The Morgan fingerprint density at radius 3 is 2.28 bits per heavy atom. The third-order valence-electron chi connectivity index (χ3n) is 2.63. The highest BCUT2D eigenvalue weighted by molar-refractivity contribution is 5.92. The number of nitrogens with two attached hydrogens (primary N) is 1. The van der Waals surface area contributed by atoms with Crippen LogP contribution in [0.5, 0.6) is 0 Å². The largest absolute Gasteiger partial charge is 0.416 e. The predicted octanol–water partition coefficient (Wildman–Crippen LogP) is 2.63. The standard InChI is InChI=1S/C12H15F3N2O/c1-2-8(7-16)11(18)17-10-5-3-9(4-6-10)12(13,14)15/h3-6,8H,2,7,16H2,1H3,(H,17,18). The van der Waals surface area contributed by atoms with Crippen molar-refractivity contribution in [2.24, 2.45) is 11.7 Å². The summed E-state index contributed by atoms with van der Waals surface area (Å²) in [4.78, 5) is 11.6. The smallest absolute Gasteiger partial charge is 0.330 e. The van der Waals surface area contributed by atoms with Crippen molar-refractivity contribution in [1.82, 2.24) is 0 Å². The minimum atomic E-state index is -4.37. The van der Waals surface area contributed by atoms with E-state index < -0.39 is 11.7 Å². The van der Waals surface area contributed by atoms with E-state index in [0.29, 0.717) is 12.1 Å². The molecule has 1 amide bonds. The first-order valence-corrected chi connectivity index (χ1v) is 5.56. The minimum Gasteiger partial charge on any atom is -0.330 e. The number of carbonyl (C=O) groups excluding carboxylic acids is 1. The van der Waals surface area contributed by atoms with E-state index in [9.17, 15) is 18.0 Å². The van der Waals surface area contributed by atoms with Gasteiger partial charge in [-0.25, -0.2) is 0 Å². The number of hydrogen-bond donors (Lipinski definition) is 2. The highest BCUT2D eigenvalue weighted by Crippen LogP contribution is 2.29. The van der Waals surface area contributed by atoms with Crippen LogP contribution in [0.3, 0.4) is 0 Å². The van der Waals surface area contributed by atoms with Crippen molar-refractivity contribution in [2.45, 2.75) is 19.5 Å². The molecule has 0 aliphatic carbocycles. The molecule has 0 fully saturated rings. The van der Waals surface area contributed by atoms with Crippen LogP contribution in [0.15, 0.2) is 24.3 Å². The topological polar surface area (TPSA) is 55.1 Å². The molecule has 0 aliphatic heterocycles. The summed E-state index contributed by atoms with van der Waals surface area (Å²) in [5.41, 5.74) is 5.00. The molecule has 1 aromatic rings. The third kappa shape index (κ3) is 3.73. The molecule has 0 aromatic heterocycles. The van der Waals surface area contributed by atoms with Crippen molar-refractivity contribution < 1.29 is 18.0 Å². The summed E-state index contributed by atoms with van der Waals surface area (Å²) >= 11 is 0. The molecule has 1 aromatic carbocycles. The van der Waals surface area contributed by atoms with E-state index in [1.54, 1.807) is 0 Å². The van der Waals surface area contributed by atoms with Crippen molar-refractivity contribution in [3.8, 4) is 0 Å². The maximum Gasteiger partial charge on any atom is 0.416 e. The number of amides is 1. The van der Waals surface area contributed by atoms with Crippen LogP contribution in [-0.4, -0.2) is 12.5 Å². The molecule has 18 heavy (non-hydrogen) atoms. The Balaban J connectivity index is 2.72. The first-order valence-electron chi connectivity index (χ1n) is 5.56. The first kappa shape index (κ1) is 14.5. The van der Waals surface area contributed by atoms with Crippen molar-refractivity contribution >= 4 is 11.6 Å². The number of carbonyl (C=O) groups is 1. The number of benzene rings is 1. The van der Waals surface area contributed by atoms with Gasteiger partial charge in [-0.05, 0) is 30.7 Å². The molecule has 1 atom stereocenters. The average molecular weight is 260 g/mol. The van der Waals surface area contributed by atoms with Gasteiger partial charge in [-0.3, -0.25) is 4.79 Å². The van der Waals surface area contributed by atoms with Crippen LogP contribution in [0, 0.1) is 5.92 Å². The van der Waals surface area contributed by atoms with Crippen LogP contribution in [0.25, 0.3) is 0 Å². The fourth-order valence-electron chi connectivity index (χ4n) is 1.45. The second-order valence-corrected chi connectivity index (χ2v) is 3.91. The molecule has 0 aliphatic rings. The van der Waals surface area contributed by atoms with Gasteiger partial charge in [0.05, 0.1) is 11.5 Å². The van der Waals surface area contributed by atoms with Gasteiger partial charge in [0, 0.05) is 12.2 Å². The summed E-state index contributed by atoms with van der Waals surface area (Å²) < 4.78 is 36.9. The summed E-state index contributed by atoms with van der Waals surface area (Å²) in [6.45, 7) is 2.03. The number of anilines is 1. The summed E-state index contributed by atoms with van der Waals surface area (Å²) in [5, 5.41) is 2.54. The Labute approximate surface area is 103 Å². The van der Waals surface area contributed by atoms with Gasteiger partial charge in [-0.15, -0.1) is 0 Å². The molecule has 0 saturated carbocycles. The van der Waals surface area contributed by atoms with Crippen molar-refractivity contribution in [3.05, 3.63) is 29.8 Å². The molecule has 1 unspecified atom stereocenters. The van der Waals surface area contributed by atoms with E-state index in [2.05, 4.69) is 5.32 Å². The number of alkyl halides is 3. The van der Waals surface area contributed by atoms with E-state index in [0.717, 1.165) is 12.1 Å². The van der Waals surface area contributed by atoms with E-state index in [4.69, 9.17) is 5.73 Å². The average Bonchev–Trinajstić information content (AvgIpc) is 2.30. The fraction of sp³-hybridized carbons (Fsp3) is 0.417. The number of halogens is 3. The highest BCUT2D eigenvalue weighted by Gasteiger charge is 2.30. The monoisotopic (exact) mass is 260 g/mol. The van der Waals surface area contributed by atoms with Gasteiger partial charge in [0.25, 0.3) is 0 Å². The lowest BCUT2D eigenvalue weighted by Crippen LogP contribution is -2.28. The lowest BCUT2D eigenvalue weighted by molar-refractivity contribution is -0.137. The minimum absolute atomic E-state index is 0.211. The Morgan fingerprint density at radius 2 is 1.89 bits per heavy atom. The zero-order valence-electron chi connectivity index (χ0n) is 9.92. The van der Waals surface area contributed by atoms with Crippen molar-refractivity contribution in [3.63, 3.8) is 0 Å². The van der Waals surface area contributed by atoms with Crippen LogP contribution in [-0.2, 0) is 11.0 Å². The SMILES string of the molecule is CCC(CN)C(=O)Nc1ccc(C(F)(F)F)cc1. The summed E-state index contributed by atoms with van der Waals surface area (Å²) in [5.74, 6) is -0.605. The molecule has 0 radical (unpaired) electrons. The molecular weight excluding hydrogens is 245 g/mol. The molecule has 0 heterocycles. The number of rotatable bonds is 4. The van der Waals surface area contributed by atoms with Crippen molar-refractivity contribution in [2.75, 3.05) is 11.9 Å².